The molecule has 20 heavy (non-hydrogen) atoms. The summed E-state index contributed by atoms with van der Waals surface area (Å²) in [5.41, 5.74) is 0.874. The average molecular weight is 296 g/mol. The van der Waals surface area contributed by atoms with Crippen molar-refractivity contribution in [2.75, 3.05) is 0 Å². The van der Waals surface area contributed by atoms with Gasteiger partial charge >= 0.3 is 0 Å². The lowest BCUT2D eigenvalue weighted by molar-refractivity contribution is 0.507. The molecule has 1 aromatic carbocycles. The predicted octanol–water partition coefficient (Wildman–Crippen LogP) is 3.26. The zero-order valence-corrected chi connectivity index (χ0v) is 13.1. The van der Waals surface area contributed by atoms with Crippen LogP contribution in [0.5, 0.6) is 0 Å². The van der Waals surface area contributed by atoms with Gasteiger partial charge in [0.05, 0.1) is 6.07 Å². The number of nitriles is 1. The van der Waals surface area contributed by atoms with Crippen LogP contribution in [0, 0.1) is 17.1 Å². The standard InChI is InChI=1S/C15H21FN2OS/c1-5-13(11-6-8-12(16)9-7-11)14(10-17)18-20(19)15(2,3)4/h6-9,13-14,18H,5H2,1-4H3/t13?,14-,20+/m1/s1. The third-order valence-corrected chi connectivity index (χ3v) is 4.65. The van der Waals surface area contributed by atoms with Gasteiger partial charge in [0.15, 0.2) is 0 Å². The topological polar surface area (TPSA) is 58.9 Å². The molecule has 0 aliphatic heterocycles. The zero-order valence-electron chi connectivity index (χ0n) is 12.3. The van der Waals surface area contributed by atoms with E-state index in [1.807, 2.05) is 27.7 Å². The van der Waals surface area contributed by atoms with Gasteiger partial charge < -0.3 is 4.55 Å². The van der Waals surface area contributed by atoms with E-state index in [1.54, 1.807) is 12.1 Å². The van der Waals surface area contributed by atoms with E-state index in [0.717, 1.165) is 5.56 Å². The number of hydrogen-bond donors (Lipinski definition) is 1. The first-order valence-electron chi connectivity index (χ1n) is 6.62. The number of halogens is 1. The lowest BCUT2D eigenvalue weighted by atomic mass is 9.90. The molecule has 0 aliphatic carbocycles. The Hall–Kier alpha value is -1.09. The van der Waals surface area contributed by atoms with E-state index < -0.39 is 22.2 Å². The Morgan fingerprint density at radius 2 is 1.90 bits per heavy atom. The third-order valence-electron chi connectivity index (χ3n) is 3.07. The van der Waals surface area contributed by atoms with Crippen LogP contribution < -0.4 is 4.72 Å². The van der Waals surface area contributed by atoms with Gasteiger partial charge in [0.2, 0.25) is 0 Å². The van der Waals surface area contributed by atoms with Crippen molar-refractivity contribution >= 4 is 11.4 Å². The summed E-state index contributed by atoms with van der Waals surface area (Å²) in [4.78, 5) is 0. The SMILES string of the molecule is CCC(c1ccc(F)cc1)[C@@H](C#N)N[S@@+]([O-])C(C)(C)C. The Balaban J connectivity index is 2.91. The molecule has 0 aromatic heterocycles. The number of hydrogen-bond acceptors (Lipinski definition) is 3. The lowest BCUT2D eigenvalue weighted by Crippen LogP contribution is -2.46. The number of nitrogens with one attached hydrogen (secondary N) is 1. The van der Waals surface area contributed by atoms with Crippen LogP contribution in [0.2, 0.25) is 0 Å². The molecular weight excluding hydrogens is 275 g/mol. The van der Waals surface area contributed by atoms with E-state index in [2.05, 4.69) is 10.8 Å². The van der Waals surface area contributed by atoms with Gasteiger partial charge in [0.25, 0.3) is 0 Å². The molecule has 3 atom stereocenters. The largest absolute Gasteiger partial charge is 0.598 e. The van der Waals surface area contributed by atoms with Crippen molar-refractivity contribution in [2.45, 2.75) is 50.8 Å². The summed E-state index contributed by atoms with van der Waals surface area (Å²) in [7, 11) is 0. The maximum atomic E-state index is 13.0. The van der Waals surface area contributed by atoms with E-state index in [9.17, 15) is 14.2 Å². The molecule has 0 bridgehead atoms. The van der Waals surface area contributed by atoms with Crippen LogP contribution in [0.1, 0.15) is 45.6 Å². The van der Waals surface area contributed by atoms with Crippen LogP contribution in [0.25, 0.3) is 0 Å². The minimum absolute atomic E-state index is 0.119. The molecule has 0 fully saturated rings. The molecule has 0 aliphatic rings. The van der Waals surface area contributed by atoms with Gasteiger partial charge in [-0.2, -0.15) is 5.26 Å². The van der Waals surface area contributed by atoms with Gasteiger partial charge in [0, 0.05) is 17.3 Å². The van der Waals surface area contributed by atoms with Gasteiger partial charge in [-0.25, -0.2) is 4.39 Å². The Bertz CT molecular complexity index is 464. The first-order chi connectivity index (χ1) is 9.29. The van der Waals surface area contributed by atoms with E-state index in [1.165, 1.54) is 12.1 Å². The van der Waals surface area contributed by atoms with Crippen LogP contribution in [0.15, 0.2) is 24.3 Å². The zero-order chi connectivity index (χ0) is 15.3. The second-order valence-corrected chi connectivity index (χ2v) is 7.67. The maximum absolute atomic E-state index is 13.0. The van der Waals surface area contributed by atoms with E-state index in [4.69, 9.17) is 0 Å². The van der Waals surface area contributed by atoms with Gasteiger partial charge in [-0.05, 0) is 44.9 Å². The van der Waals surface area contributed by atoms with Gasteiger partial charge in [-0.15, -0.1) is 4.72 Å². The van der Waals surface area contributed by atoms with Gasteiger partial charge in [-0.3, -0.25) is 0 Å². The molecule has 1 N–H and O–H groups in total. The summed E-state index contributed by atoms with van der Waals surface area (Å²) in [5.74, 6) is -0.421. The fourth-order valence-corrected chi connectivity index (χ4v) is 2.67. The van der Waals surface area contributed by atoms with Crippen molar-refractivity contribution in [1.29, 1.82) is 5.26 Å². The fourth-order valence-electron chi connectivity index (χ4n) is 1.86. The molecule has 1 unspecified atom stereocenters. The molecule has 0 saturated heterocycles. The normalized spacial score (nSPS) is 16.2. The smallest absolute Gasteiger partial charge is 0.146 e. The van der Waals surface area contributed by atoms with Crippen LogP contribution >= 0.6 is 0 Å². The molecule has 1 aromatic rings. The summed E-state index contributed by atoms with van der Waals surface area (Å²) in [6.07, 6.45) is 0.707. The molecule has 0 heterocycles. The molecule has 110 valence electrons. The Labute approximate surface area is 123 Å². The van der Waals surface area contributed by atoms with E-state index in [0.29, 0.717) is 6.42 Å². The van der Waals surface area contributed by atoms with Gasteiger partial charge in [0.1, 0.15) is 16.6 Å². The van der Waals surface area contributed by atoms with E-state index in [-0.39, 0.29) is 11.7 Å². The van der Waals surface area contributed by atoms with Crippen molar-refractivity contribution in [2.24, 2.45) is 0 Å². The number of nitrogens with zero attached hydrogens (tertiary/aromatic N) is 1. The molecular formula is C15H21FN2OS. The monoisotopic (exact) mass is 296 g/mol. The number of benzene rings is 1. The van der Waals surface area contributed by atoms with Crippen molar-refractivity contribution in [3.8, 4) is 6.07 Å². The van der Waals surface area contributed by atoms with Crippen molar-refractivity contribution in [3.63, 3.8) is 0 Å². The number of rotatable bonds is 5. The minimum atomic E-state index is -1.31. The molecule has 0 amide bonds. The first kappa shape index (κ1) is 17.0. The molecule has 0 saturated carbocycles. The Morgan fingerprint density at radius 3 is 2.30 bits per heavy atom. The Morgan fingerprint density at radius 1 is 1.35 bits per heavy atom. The molecule has 3 nitrogen and oxygen atoms in total. The molecule has 1 rings (SSSR count). The van der Waals surface area contributed by atoms with Gasteiger partial charge in [-0.1, -0.05) is 19.1 Å². The first-order valence-corrected chi connectivity index (χ1v) is 7.77. The maximum Gasteiger partial charge on any atom is 0.146 e. The molecule has 5 heteroatoms. The highest BCUT2D eigenvalue weighted by atomic mass is 32.2. The lowest BCUT2D eigenvalue weighted by Gasteiger charge is -2.28. The molecule has 0 spiro atoms. The summed E-state index contributed by atoms with van der Waals surface area (Å²) in [6.45, 7) is 7.51. The van der Waals surface area contributed by atoms with E-state index >= 15 is 0 Å². The van der Waals surface area contributed by atoms with Crippen LogP contribution in [0.3, 0.4) is 0 Å². The highest BCUT2D eigenvalue weighted by Crippen LogP contribution is 2.25. The second kappa shape index (κ2) is 7.07. The third kappa shape index (κ3) is 4.48. The fraction of sp³-hybridized carbons (Fsp3) is 0.533. The average Bonchev–Trinajstić information content (AvgIpc) is 2.39. The predicted molar refractivity (Wildman–Crippen MR) is 79.9 cm³/mol. The van der Waals surface area contributed by atoms with Crippen molar-refractivity contribution in [3.05, 3.63) is 35.6 Å². The van der Waals surface area contributed by atoms with Crippen molar-refractivity contribution < 1.29 is 8.94 Å². The highest BCUT2D eigenvalue weighted by Gasteiger charge is 2.32. The summed E-state index contributed by atoms with van der Waals surface area (Å²) < 4.78 is 27.6. The molecule has 0 radical (unpaired) electrons. The van der Waals surface area contributed by atoms with Crippen molar-refractivity contribution in [1.82, 2.24) is 4.72 Å². The van der Waals surface area contributed by atoms with Crippen LogP contribution in [0.4, 0.5) is 4.39 Å². The summed E-state index contributed by atoms with van der Waals surface area (Å²) in [5, 5.41) is 9.34. The summed E-state index contributed by atoms with van der Waals surface area (Å²) >= 11 is -1.31. The highest BCUT2D eigenvalue weighted by molar-refractivity contribution is 7.90. The second-order valence-electron chi connectivity index (χ2n) is 5.67. The van der Waals surface area contributed by atoms with Crippen LogP contribution in [-0.4, -0.2) is 15.3 Å². The van der Waals surface area contributed by atoms with Crippen LogP contribution in [-0.2, 0) is 11.4 Å². The summed E-state index contributed by atoms with van der Waals surface area (Å²) in [6, 6.07) is 7.72. The minimum Gasteiger partial charge on any atom is -0.598 e. The Kier molecular flexibility index (Phi) is 6.00. The quantitative estimate of drug-likeness (QED) is 0.848.